The second-order valence-corrected chi connectivity index (χ2v) is 6.27. The van der Waals surface area contributed by atoms with Crippen molar-refractivity contribution in [1.82, 2.24) is 10.6 Å². The fourth-order valence-electron chi connectivity index (χ4n) is 3.09. The van der Waals surface area contributed by atoms with E-state index in [1.165, 1.54) is 18.4 Å². The highest BCUT2D eigenvalue weighted by atomic mass is 35.5. The number of hydrogen-bond donors (Lipinski definition) is 2. The van der Waals surface area contributed by atoms with Crippen molar-refractivity contribution in [2.75, 3.05) is 20.2 Å². The molecule has 1 saturated heterocycles. The summed E-state index contributed by atoms with van der Waals surface area (Å²) >= 11 is 0. The van der Waals surface area contributed by atoms with Crippen molar-refractivity contribution in [3.63, 3.8) is 0 Å². The second-order valence-electron chi connectivity index (χ2n) is 6.27. The Bertz CT molecular complexity index is 502. The Morgan fingerprint density at radius 3 is 2.74 bits per heavy atom. The number of piperidine rings is 1. The van der Waals surface area contributed by atoms with E-state index in [2.05, 4.69) is 23.6 Å². The number of carbonyl (C=O) groups excluding carboxylic acids is 1. The van der Waals surface area contributed by atoms with Gasteiger partial charge in [-0.05, 0) is 58.2 Å². The first-order chi connectivity index (χ1) is 10.6. The predicted molar refractivity (Wildman–Crippen MR) is 96.4 cm³/mol. The van der Waals surface area contributed by atoms with E-state index in [0.29, 0.717) is 12.3 Å². The Balaban J connectivity index is 0.00000264. The number of halogens is 1. The maximum Gasteiger partial charge on any atom is 0.220 e. The summed E-state index contributed by atoms with van der Waals surface area (Å²) in [6.45, 7) is 6.24. The predicted octanol–water partition coefficient (Wildman–Crippen LogP) is 3.38. The van der Waals surface area contributed by atoms with Gasteiger partial charge in [0.25, 0.3) is 0 Å². The number of rotatable bonds is 6. The van der Waals surface area contributed by atoms with Crippen molar-refractivity contribution in [2.24, 2.45) is 5.92 Å². The summed E-state index contributed by atoms with van der Waals surface area (Å²) in [6.07, 6.45) is 3.98. The summed E-state index contributed by atoms with van der Waals surface area (Å²) in [5, 5.41) is 6.46. The zero-order chi connectivity index (χ0) is 15.9. The maximum absolute atomic E-state index is 12.2. The highest BCUT2D eigenvalue weighted by Crippen LogP contribution is 2.26. The van der Waals surface area contributed by atoms with E-state index in [4.69, 9.17) is 4.74 Å². The van der Waals surface area contributed by atoms with Gasteiger partial charge in [-0.25, -0.2) is 0 Å². The average molecular weight is 341 g/mol. The SMILES string of the molecule is COc1ccc(C)cc1C(C)NC(=O)CCC1CCNCC1.Cl. The fraction of sp³-hybridized carbons (Fsp3) is 0.611. The Morgan fingerprint density at radius 1 is 1.39 bits per heavy atom. The van der Waals surface area contributed by atoms with E-state index in [1.807, 2.05) is 19.1 Å². The zero-order valence-corrected chi connectivity index (χ0v) is 15.2. The number of benzene rings is 1. The standard InChI is InChI=1S/C18H28N2O2.ClH/c1-13-4-6-17(22-3)16(12-13)14(2)20-18(21)7-5-15-8-10-19-11-9-15;/h4,6,12,14-15,19H,5,7-11H2,1-3H3,(H,20,21);1H. The van der Waals surface area contributed by atoms with Crippen molar-refractivity contribution in [2.45, 2.75) is 45.6 Å². The first kappa shape index (κ1) is 19.8. The van der Waals surface area contributed by atoms with Crippen molar-refractivity contribution in [1.29, 1.82) is 0 Å². The van der Waals surface area contributed by atoms with Crippen LogP contribution in [-0.2, 0) is 4.79 Å². The lowest BCUT2D eigenvalue weighted by Crippen LogP contribution is -2.30. The average Bonchev–Trinajstić information content (AvgIpc) is 2.54. The Kier molecular flexibility index (Phi) is 8.42. The molecule has 1 unspecified atom stereocenters. The van der Waals surface area contributed by atoms with Crippen LogP contribution >= 0.6 is 12.4 Å². The topological polar surface area (TPSA) is 50.4 Å². The molecule has 0 bridgehead atoms. The normalized spacial score (nSPS) is 16.3. The molecule has 0 aromatic heterocycles. The minimum atomic E-state index is -0.0321. The lowest BCUT2D eigenvalue weighted by Gasteiger charge is -2.23. The summed E-state index contributed by atoms with van der Waals surface area (Å²) < 4.78 is 5.40. The highest BCUT2D eigenvalue weighted by Gasteiger charge is 2.17. The largest absolute Gasteiger partial charge is 0.496 e. The van der Waals surface area contributed by atoms with E-state index < -0.39 is 0 Å². The molecule has 1 atom stereocenters. The van der Waals surface area contributed by atoms with Crippen molar-refractivity contribution in [3.8, 4) is 5.75 Å². The molecule has 0 saturated carbocycles. The molecule has 0 aliphatic carbocycles. The Hall–Kier alpha value is -1.26. The summed E-state index contributed by atoms with van der Waals surface area (Å²) in [5.74, 6) is 1.65. The van der Waals surface area contributed by atoms with Crippen LogP contribution in [0.4, 0.5) is 0 Å². The van der Waals surface area contributed by atoms with Gasteiger partial charge in [0, 0.05) is 12.0 Å². The molecule has 5 heteroatoms. The molecule has 1 aliphatic heterocycles. The molecular formula is C18H29ClN2O2. The molecule has 1 amide bonds. The number of carbonyl (C=O) groups is 1. The van der Waals surface area contributed by atoms with Crippen LogP contribution in [0, 0.1) is 12.8 Å². The Labute approximate surface area is 145 Å². The van der Waals surface area contributed by atoms with Crippen LogP contribution in [0.3, 0.4) is 0 Å². The maximum atomic E-state index is 12.2. The lowest BCUT2D eigenvalue weighted by molar-refractivity contribution is -0.122. The third-order valence-electron chi connectivity index (χ3n) is 4.47. The van der Waals surface area contributed by atoms with Crippen LogP contribution in [0.5, 0.6) is 5.75 Å². The first-order valence-electron chi connectivity index (χ1n) is 8.24. The number of ether oxygens (including phenoxy) is 1. The van der Waals surface area contributed by atoms with Crippen LogP contribution in [-0.4, -0.2) is 26.1 Å². The van der Waals surface area contributed by atoms with Crippen molar-refractivity contribution >= 4 is 18.3 Å². The van der Waals surface area contributed by atoms with Crippen LogP contribution in [0.2, 0.25) is 0 Å². The van der Waals surface area contributed by atoms with Crippen LogP contribution < -0.4 is 15.4 Å². The Morgan fingerprint density at radius 2 is 2.09 bits per heavy atom. The van der Waals surface area contributed by atoms with E-state index in [0.717, 1.165) is 30.8 Å². The van der Waals surface area contributed by atoms with E-state index >= 15 is 0 Å². The summed E-state index contributed by atoms with van der Waals surface area (Å²) in [5.41, 5.74) is 2.21. The van der Waals surface area contributed by atoms with Crippen LogP contribution in [0.1, 0.15) is 49.8 Å². The number of hydrogen-bond acceptors (Lipinski definition) is 3. The minimum absolute atomic E-state index is 0. The molecule has 0 radical (unpaired) electrons. The molecule has 23 heavy (non-hydrogen) atoms. The molecular weight excluding hydrogens is 312 g/mol. The third kappa shape index (κ3) is 6.04. The zero-order valence-electron chi connectivity index (χ0n) is 14.4. The van der Waals surface area contributed by atoms with E-state index in [-0.39, 0.29) is 24.4 Å². The number of methoxy groups -OCH3 is 1. The molecule has 2 N–H and O–H groups in total. The van der Waals surface area contributed by atoms with Crippen LogP contribution in [0.25, 0.3) is 0 Å². The molecule has 1 heterocycles. The molecule has 1 aromatic carbocycles. The van der Waals surface area contributed by atoms with Gasteiger partial charge in [0.2, 0.25) is 5.91 Å². The van der Waals surface area contributed by atoms with E-state index in [9.17, 15) is 4.79 Å². The first-order valence-corrected chi connectivity index (χ1v) is 8.24. The highest BCUT2D eigenvalue weighted by molar-refractivity contribution is 5.85. The lowest BCUT2D eigenvalue weighted by atomic mass is 9.93. The van der Waals surface area contributed by atoms with Gasteiger partial charge >= 0.3 is 0 Å². The minimum Gasteiger partial charge on any atom is -0.496 e. The van der Waals surface area contributed by atoms with Crippen LogP contribution in [0.15, 0.2) is 18.2 Å². The quantitative estimate of drug-likeness (QED) is 0.834. The van der Waals surface area contributed by atoms with Gasteiger partial charge in [0.1, 0.15) is 5.75 Å². The van der Waals surface area contributed by atoms with Gasteiger partial charge in [-0.2, -0.15) is 0 Å². The summed E-state index contributed by atoms with van der Waals surface area (Å²) in [6, 6.07) is 6.03. The van der Waals surface area contributed by atoms with Gasteiger partial charge in [-0.1, -0.05) is 17.7 Å². The monoisotopic (exact) mass is 340 g/mol. The number of amides is 1. The van der Waals surface area contributed by atoms with Crippen molar-refractivity contribution < 1.29 is 9.53 Å². The molecule has 2 rings (SSSR count). The summed E-state index contributed by atoms with van der Waals surface area (Å²) in [4.78, 5) is 12.2. The van der Waals surface area contributed by atoms with Crippen molar-refractivity contribution in [3.05, 3.63) is 29.3 Å². The van der Waals surface area contributed by atoms with Gasteiger partial charge in [0.05, 0.1) is 13.2 Å². The number of nitrogens with one attached hydrogen (secondary N) is 2. The summed E-state index contributed by atoms with van der Waals surface area (Å²) in [7, 11) is 1.67. The molecule has 4 nitrogen and oxygen atoms in total. The molecule has 0 spiro atoms. The van der Waals surface area contributed by atoms with Gasteiger partial charge in [0.15, 0.2) is 0 Å². The molecule has 1 aliphatic rings. The third-order valence-corrected chi connectivity index (χ3v) is 4.47. The molecule has 130 valence electrons. The van der Waals surface area contributed by atoms with E-state index in [1.54, 1.807) is 7.11 Å². The molecule has 1 aromatic rings. The molecule has 1 fully saturated rings. The second kappa shape index (κ2) is 9.78. The smallest absolute Gasteiger partial charge is 0.220 e. The van der Waals surface area contributed by atoms with Gasteiger partial charge in [-0.15, -0.1) is 12.4 Å². The number of aryl methyl sites for hydroxylation is 1. The van der Waals surface area contributed by atoms with Gasteiger partial charge < -0.3 is 15.4 Å². The fourth-order valence-corrected chi connectivity index (χ4v) is 3.09. The van der Waals surface area contributed by atoms with Gasteiger partial charge in [-0.3, -0.25) is 4.79 Å².